The second-order valence-electron chi connectivity index (χ2n) is 9.76. The number of fused-ring (bicyclic) bond motifs is 2. The third-order valence-corrected chi connectivity index (χ3v) is 10.8. The monoisotopic (exact) mass is 515 g/mol. The zero-order chi connectivity index (χ0) is 22.8. The van der Waals surface area contributed by atoms with Crippen LogP contribution in [0.1, 0.15) is 38.7 Å². The van der Waals surface area contributed by atoms with E-state index in [1.165, 1.54) is 0 Å². The van der Waals surface area contributed by atoms with Crippen LogP contribution in [0.5, 0.6) is 0 Å². The maximum atomic E-state index is 13.4. The first-order valence-electron chi connectivity index (χ1n) is 10.9. The van der Waals surface area contributed by atoms with E-state index in [1.807, 2.05) is 36.4 Å². The summed E-state index contributed by atoms with van der Waals surface area (Å²) >= 11 is 3.47. The Balaban J connectivity index is 1.40. The lowest BCUT2D eigenvalue weighted by atomic mass is 9.69. The molecule has 0 radical (unpaired) electrons. The highest BCUT2D eigenvalue weighted by Crippen LogP contribution is 2.67. The first-order chi connectivity index (χ1) is 15.1. The van der Waals surface area contributed by atoms with Crippen molar-refractivity contribution in [2.24, 2.45) is 21.7 Å². The smallest absolute Gasteiger partial charge is 0.351 e. The minimum atomic E-state index is -3.53. The molecule has 0 saturated heterocycles. The molecule has 4 atom stereocenters. The molecule has 32 heavy (non-hydrogen) atoms. The van der Waals surface area contributed by atoms with Gasteiger partial charge in [-0.15, -0.1) is 0 Å². The van der Waals surface area contributed by atoms with Crippen molar-refractivity contribution in [1.82, 2.24) is 0 Å². The SMILES string of the molecule is CC1(C)[C@@H]2CC[C@@]1(CS(=O)(=O)c1ccccc1)[C@H](OC(=O)C1(Br)N=C1c1ccccc1)C2. The van der Waals surface area contributed by atoms with Crippen LogP contribution in [0.2, 0.25) is 0 Å². The van der Waals surface area contributed by atoms with Crippen molar-refractivity contribution in [3.63, 3.8) is 0 Å². The molecule has 2 aromatic carbocycles. The van der Waals surface area contributed by atoms with Gasteiger partial charge >= 0.3 is 5.97 Å². The minimum absolute atomic E-state index is 0.0207. The fourth-order valence-corrected chi connectivity index (χ4v) is 8.50. The van der Waals surface area contributed by atoms with E-state index < -0.39 is 31.8 Å². The summed E-state index contributed by atoms with van der Waals surface area (Å²) in [4.78, 5) is 17.9. The van der Waals surface area contributed by atoms with Gasteiger partial charge in [0.15, 0.2) is 9.84 Å². The molecule has 2 saturated carbocycles. The number of alkyl halides is 1. The summed E-state index contributed by atoms with van der Waals surface area (Å²) in [7, 11) is -3.53. The molecule has 2 fully saturated rings. The van der Waals surface area contributed by atoms with Crippen LogP contribution in [0.3, 0.4) is 0 Å². The molecule has 168 valence electrons. The van der Waals surface area contributed by atoms with Gasteiger partial charge in [0.2, 0.25) is 0 Å². The van der Waals surface area contributed by atoms with Crippen LogP contribution < -0.4 is 0 Å². The molecule has 2 aliphatic carbocycles. The molecule has 0 spiro atoms. The average Bonchev–Trinajstić information content (AvgIpc) is 3.37. The Morgan fingerprint density at radius 3 is 2.34 bits per heavy atom. The predicted molar refractivity (Wildman–Crippen MR) is 127 cm³/mol. The van der Waals surface area contributed by atoms with Gasteiger partial charge in [-0.05, 0) is 64.2 Å². The third-order valence-electron chi connectivity index (χ3n) is 8.00. The Bertz CT molecular complexity index is 1190. The van der Waals surface area contributed by atoms with E-state index in [0.717, 1.165) is 18.4 Å². The first kappa shape index (κ1) is 21.8. The van der Waals surface area contributed by atoms with Gasteiger partial charge in [-0.25, -0.2) is 18.2 Å². The van der Waals surface area contributed by atoms with Crippen molar-refractivity contribution in [3.8, 4) is 0 Å². The second kappa shape index (κ2) is 7.26. The lowest BCUT2D eigenvalue weighted by molar-refractivity contribution is -0.156. The summed E-state index contributed by atoms with van der Waals surface area (Å²) in [6.07, 6.45) is 1.92. The van der Waals surface area contributed by atoms with E-state index in [1.54, 1.807) is 24.3 Å². The van der Waals surface area contributed by atoms with Crippen LogP contribution in [-0.2, 0) is 19.4 Å². The molecule has 0 N–H and O–H groups in total. The molecule has 7 heteroatoms. The average molecular weight is 516 g/mol. The molecule has 5 rings (SSSR count). The molecule has 0 amide bonds. The number of hydrogen-bond donors (Lipinski definition) is 0. The number of rotatable bonds is 6. The number of carbonyl (C=O) groups is 1. The minimum Gasteiger partial charge on any atom is -0.459 e. The number of ether oxygens (including phenoxy) is 1. The standard InChI is InChI=1S/C25H26BrNO4S/c1-23(2)18-13-14-24(23,16-32(29,30)19-11-7-4-8-12-19)20(15-18)31-22(28)25(26)21(27-25)17-9-5-3-6-10-17/h3-12,18,20H,13-16H2,1-2H3/t18-,20-,24-,25?/m1/s1. The number of hydrogen-bond acceptors (Lipinski definition) is 5. The fourth-order valence-electron chi connectivity index (χ4n) is 5.88. The molecule has 2 aromatic rings. The Morgan fingerprint density at radius 1 is 1.09 bits per heavy atom. The van der Waals surface area contributed by atoms with Crippen LogP contribution >= 0.6 is 15.9 Å². The van der Waals surface area contributed by atoms with Gasteiger partial charge in [0, 0.05) is 5.41 Å². The summed E-state index contributed by atoms with van der Waals surface area (Å²) in [5.74, 6) is -0.153. The predicted octanol–water partition coefficient (Wildman–Crippen LogP) is 4.79. The summed E-state index contributed by atoms with van der Waals surface area (Å²) in [6, 6.07) is 18.1. The third kappa shape index (κ3) is 3.19. The zero-order valence-electron chi connectivity index (χ0n) is 18.1. The van der Waals surface area contributed by atoms with Crippen molar-refractivity contribution in [1.29, 1.82) is 0 Å². The van der Waals surface area contributed by atoms with E-state index in [0.29, 0.717) is 22.9 Å². The topological polar surface area (TPSA) is 72.8 Å². The first-order valence-corrected chi connectivity index (χ1v) is 13.4. The normalized spacial score (nSPS) is 32.4. The van der Waals surface area contributed by atoms with Crippen molar-refractivity contribution in [3.05, 3.63) is 66.2 Å². The Labute approximate surface area is 197 Å². The van der Waals surface area contributed by atoms with Crippen LogP contribution in [0, 0.1) is 16.7 Å². The molecule has 2 bridgehead atoms. The maximum Gasteiger partial charge on any atom is 0.351 e. The zero-order valence-corrected chi connectivity index (χ0v) is 20.5. The summed E-state index contributed by atoms with van der Waals surface area (Å²) in [6.45, 7) is 4.26. The second-order valence-corrected chi connectivity index (χ2v) is 12.9. The van der Waals surface area contributed by atoms with E-state index in [-0.39, 0.29) is 11.2 Å². The van der Waals surface area contributed by atoms with Gasteiger partial charge in [0.25, 0.3) is 4.45 Å². The summed E-state index contributed by atoms with van der Waals surface area (Å²) in [5, 5.41) is 0. The molecule has 0 aromatic heterocycles. The van der Waals surface area contributed by atoms with E-state index in [9.17, 15) is 13.2 Å². The van der Waals surface area contributed by atoms with Crippen LogP contribution in [-0.4, -0.2) is 36.4 Å². The lowest BCUT2D eigenvalue weighted by Gasteiger charge is -2.41. The number of esters is 1. The van der Waals surface area contributed by atoms with Crippen LogP contribution in [0.4, 0.5) is 0 Å². The molecule has 1 heterocycles. The molecular formula is C25H26BrNO4S. The molecule has 1 aliphatic heterocycles. The highest BCUT2D eigenvalue weighted by atomic mass is 79.9. The Morgan fingerprint density at radius 2 is 1.72 bits per heavy atom. The number of aliphatic imine (C=N–C) groups is 1. The van der Waals surface area contributed by atoms with E-state index >= 15 is 0 Å². The van der Waals surface area contributed by atoms with Gasteiger partial charge in [-0.2, -0.15) is 0 Å². The fraction of sp³-hybridized carbons (Fsp3) is 0.440. The number of carbonyl (C=O) groups excluding carboxylic acids is 1. The number of sulfone groups is 1. The quantitative estimate of drug-likeness (QED) is 0.315. The van der Waals surface area contributed by atoms with Crippen molar-refractivity contribution in [2.75, 3.05) is 5.75 Å². The van der Waals surface area contributed by atoms with Gasteiger partial charge in [-0.3, -0.25) is 0 Å². The number of benzene rings is 2. The van der Waals surface area contributed by atoms with Crippen molar-refractivity contribution < 1.29 is 17.9 Å². The van der Waals surface area contributed by atoms with Crippen LogP contribution in [0.15, 0.2) is 70.6 Å². The van der Waals surface area contributed by atoms with Gasteiger partial charge in [0.1, 0.15) is 6.10 Å². The molecule has 1 unspecified atom stereocenters. The molecular weight excluding hydrogens is 490 g/mol. The maximum absolute atomic E-state index is 13.4. The highest BCUT2D eigenvalue weighted by Gasteiger charge is 2.68. The van der Waals surface area contributed by atoms with E-state index in [4.69, 9.17) is 4.74 Å². The van der Waals surface area contributed by atoms with Crippen LogP contribution in [0.25, 0.3) is 0 Å². The van der Waals surface area contributed by atoms with Gasteiger partial charge < -0.3 is 4.74 Å². The Kier molecular flexibility index (Phi) is 4.95. The van der Waals surface area contributed by atoms with Gasteiger partial charge in [0.05, 0.1) is 16.4 Å². The number of halogens is 1. The van der Waals surface area contributed by atoms with E-state index in [2.05, 4.69) is 34.8 Å². The van der Waals surface area contributed by atoms with Gasteiger partial charge in [-0.1, -0.05) is 62.4 Å². The largest absolute Gasteiger partial charge is 0.459 e. The lowest BCUT2D eigenvalue weighted by Crippen LogP contribution is -2.47. The highest BCUT2D eigenvalue weighted by molar-refractivity contribution is 9.10. The van der Waals surface area contributed by atoms with Crippen molar-refractivity contribution in [2.45, 2.75) is 48.6 Å². The summed E-state index contributed by atoms with van der Waals surface area (Å²) in [5.41, 5.74) is 0.659. The molecule has 5 nitrogen and oxygen atoms in total. The Hall–Kier alpha value is -1.99. The van der Waals surface area contributed by atoms with Crippen molar-refractivity contribution >= 4 is 37.4 Å². The summed E-state index contributed by atoms with van der Waals surface area (Å²) < 4.78 is 31.6. The number of nitrogens with zero attached hydrogens (tertiary/aromatic N) is 1. The molecule has 3 aliphatic rings.